The molecule has 0 amide bonds. The number of hydrogen-bond donors (Lipinski definition) is 2. The van der Waals surface area contributed by atoms with Gasteiger partial charge in [-0.25, -0.2) is 4.39 Å². The highest BCUT2D eigenvalue weighted by Gasteiger charge is 2.11. The van der Waals surface area contributed by atoms with Crippen LogP contribution in [-0.2, 0) is 0 Å². The molecular weight excluding hydrogens is 209 g/mol. The van der Waals surface area contributed by atoms with Crippen molar-refractivity contribution in [1.29, 1.82) is 0 Å². The molecule has 3 N–H and O–H groups in total. The standard InChI is InChI=1S/C9H12FNO2.ClH/c1-13-9-4-6(12)2-3-7(9)8(11)5-10;/h2-4,8,12H,5,11H2,1H3;1H/t8-;/m0./s1. The number of benzene rings is 1. The predicted octanol–water partition coefficient (Wildman–Crippen LogP) is 1.79. The third kappa shape index (κ3) is 2.75. The number of rotatable bonds is 3. The first-order chi connectivity index (χ1) is 6.19. The van der Waals surface area contributed by atoms with E-state index in [9.17, 15) is 4.39 Å². The van der Waals surface area contributed by atoms with Gasteiger partial charge in [0, 0.05) is 11.6 Å². The van der Waals surface area contributed by atoms with Crippen LogP contribution in [0.15, 0.2) is 18.2 Å². The molecule has 0 saturated heterocycles. The molecule has 0 spiro atoms. The fourth-order valence-electron chi connectivity index (χ4n) is 1.09. The van der Waals surface area contributed by atoms with E-state index in [1.807, 2.05) is 0 Å². The van der Waals surface area contributed by atoms with Gasteiger partial charge in [-0.1, -0.05) is 0 Å². The van der Waals surface area contributed by atoms with E-state index in [2.05, 4.69) is 0 Å². The van der Waals surface area contributed by atoms with E-state index in [-0.39, 0.29) is 18.2 Å². The third-order valence-corrected chi connectivity index (χ3v) is 1.78. The van der Waals surface area contributed by atoms with Crippen LogP contribution in [-0.4, -0.2) is 18.9 Å². The number of aromatic hydroxyl groups is 1. The van der Waals surface area contributed by atoms with Crippen LogP contribution in [0, 0.1) is 0 Å². The zero-order valence-electron chi connectivity index (χ0n) is 7.74. The summed E-state index contributed by atoms with van der Waals surface area (Å²) in [5.74, 6) is 0.483. The van der Waals surface area contributed by atoms with Crippen molar-refractivity contribution < 1.29 is 14.2 Å². The van der Waals surface area contributed by atoms with E-state index in [0.717, 1.165) is 0 Å². The fourth-order valence-corrected chi connectivity index (χ4v) is 1.09. The van der Waals surface area contributed by atoms with E-state index in [1.54, 1.807) is 6.07 Å². The molecule has 0 aliphatic heterocycles. The maximum atomic E-state index is 12.2. The lowest BCUT2D eigenvalue weighted by Crippen LogP contribution is -2.13. The van der Waals surface area contributed by atoms with E-state index in [1.165, 1.54) is 19.2 Å². The maximum Gasteiger partial charge on any atom is 0.127 e. The first-order valence-electron chi connectivity index (χ1n) is 3.87. The fraction of sp³-hybridized carbons (Fsp3) is 0.333. The van der Waals surface area contributed by atoms with Gasteiger partial charge in [-0.2, -0.15) is 0 Å². The van der Waals surface area contributed by atoms with Crippen LogP contribution < -0.4 is 10.5 Å². The molecule has 0 saturated carbocycles. The number of hydrogen-bond acceptors (Lipinski definition) is 3. The summed E-state index contributed by atoms with van der Waals surface area (Å²) in [6.07, 6.45) is 0. The van der Waals surface area contributed by atoms with Gasteiger partial charge in [0.25, 0.3) is 0 Å². The molecule has 1 aromatic carbocycles. The molecule has 0 aromatic heterocycles. The minimum atomic E-state index is -0.699. The molecule has 0 aliphatic carbocycles. The van der Waals surface area contributed by atoms with Crippen molar-refractivity contribution in [3.8, 4) is 11.5 Å². The summed E-state index contributed by atoms with van der Waals surface area (Å²) in [5, 5.41) is 9.11. The Morgan fingerprint density at radius 3 is 2.71 bits per heavy atom. The monoisotopic (exact) mass is 221 g/mol. The summed E-state index contributed by atoms with van der Waals surface area (Å²) in [6, 6.07) is 3.71. The molecule has 1 atom stereocenters. The number of nitrogens with two attached hydrogens (primary N) is 1. The molecule has 0 unspecified atom stereocenters. The van der Waals surface area contributed by atoms with Crippen LogP contribution in [0.4, 0.5) is 4.39 Å². The molecule has 1 aromatic rings. The van der Waals surface area contributed by atoms with Crippen LogP contribution in [0.3, 0.4) is 0 Å². The lowest BCUT2D eigenvalue weighted by Gasteiger charge is -2.12. The lowest BCUT2D eigenvalue weighted by atomic mass is 10.1. The highest BCUT2D eigenvalue weighted by Crippen LogP contribution is 2.27. The summed E-state index contributed by atoms with van der Waals surface area (Å²) in [7, 11) is 1.45. The van der Waals surface area contributed by atoms with Gasteiger partial charge in [0.15, 0.2) is 0 Å². The van der Waals surface area contributed by atoms with Crippen molar-refractivity contribution in [3.05, 3.63) is 23.8 Å². The van der Waals surface area contributed by atoms with E-state index in [4.69, 9.17) is 15.6 Å². The molecular formula is C9H13ClFNO2. The lowest BCUT2D eigenvalue weighted by molar-refractivity contribution is 0.384. The normalized spacial score (nSPS) is 11.6. The molecule has 0 fully saturated rings. The third-order valence-electron chi connectivity index (χ3n) is 1.78. The zero-order chi connectivity index (χ0) is 9.84. The number of methoxy groups -OCH3 is 1. The van der Waals surface area contributed by atoms with Crippen molar-refractivity contribution in [2.45, 2.75) is 6.04 Å². The van der Waals surface area contributed by atoms with Crippen molar-refractivity contribution >= 4 is 12.4 Å². The molecule has 14 heavy (non-hydrogen) atoms. The van der Waals surface area contributed by atoms with Gasteiger partial charge in [-0.15, -0.1) is 12.4 Å². The van der Waals surface area contributed by atoms with Crippen LogP contribution in [0.25, 0.3) is 0 Å². The molecule has 5 heteroatoms. The van der Waals surface area contributed by atoms with Gasteiger partial charge in [-0.3, -0.25) is 0 Å². The summed E-state index contributed by atoms with van der Waals surface area (Å²) >= 11 is 0. The second kappa shape index (κ2) is 5.67. The second-order valence-electron chi connectivity index (χ2n) is 2.69. The average molecular weight is 222 g/mol. The van der Waals surface area contributed by atoms with E-state index >= 15 is 0 Å². The van der Waals surface area contributed by atoms with Crippen molar-refractivity contribution in [2.75, 3.05) is 13.8 Å². The molecule has 0 radical (unpaired) electrons. The smallest absolute Gasteiger partial charge is 0.127 e. The van der Waals surface area contributed by atoms with Crippen LogP contribution in [0.5, 0.6) is 11.5 Å². The van der Waals surface area contributed by atoms with Crippen LogP contribution in [0.1, 0.15) is 11.6 Å². The Bertz CT molecular complexity index is 296. The van der Waals surface area contributed by atoms with Crippen LogP contribution >= 0.6 is 12.4 Å². The second-order valence-corrected chi connectivity index (χ2v) is 2.69. The Morgan fingerprint density at radius 1 is 1.57 bits per heavy atom. The summed E-state index contributed by atoms with van der Waals surface area (Å²) in [6.45, 7) is -0.652. The first-order valence-corrected chi connectivity index (χ1v) is 3.87. The number of halogens is 2. The zero-order valence-corrected chi connectivity index (χ0v) is 8.55. The Hall–Kier alpha value is -1.00. The van der Waals surface area contributed by atoms with Crippen molar-refractivity contribution in [1.82, 2.24) is 0 Å². The van der Waals surface area contributed by atoms with Gasteiger partial charge in [0.1, 0.15) is 18.2 Å². The Labute approximate surface area is 88.1 Å². The number of phenols is 1. The quantitative estimate of drug-likeness (QED) is 0.818. The molecule has 0 aliphatic rings. The van der Waals surface area contributed by atoms with Gasteiger partial charge in [-0.05, 0) is 12.1 Å². The minimum absolute atomic E-state index is 0. The molecule has 0 bridgehead atoms. The van der Waals surface area contributed by atoms with Crippen molar-refractivity contribution in [3.63, 3.8) is 0 Å². The van der Waals surface area contributed by atoms with Gasteiger partial charge in [0.05, 0.1) is 13.2 Å². The Kier molecular flexibility index (Phi) is 5.27. The SMILES string of the molecule is COc1cc(O)ccc1[C@@H](N)CF.Cl. The molecule has 80 valence electrons. The highest BCUT2D eigenvalue weighted by atomic mass is 35.5. The highest BCUT2D eigenvalue weighted by molar-refractivity contribution is 5.85. The van der Waals surface area contributed by atoms with Gasteiger partial charge < -0.3 is 15.6 Å². The molecule has 3 nitrogen and oxygen atoms in total. The average Bonchev–Trinajstić information content (AvgIpc) is 2.16. The molecule has 1 rings (SSSR count). The first kappa shape index (κ1) is 13.0. The van der Waals surface area contributed by atoms with E-state index < -0.39 is 12.7 Å². The maximum absolute atomic E-state index is 12.2. The summed E-state index contributed by atoms with van der Waals surface area (Å²) in [4.78, 5) is 0. The molecule has 0 heterocycles. The minimum Gasteiger partial charge on any atom is -0.508 e. The Balaban J connectivity index is 0.00000169. The van der Waals surface area contributed by atoms with E-state index in [0.29, 0.717) is 11.3 Å². The number of alkyl halides is 1. The van der Waals surface area contributed by atoms with Crippen LogP contribution in [0.2, 0.25) is 0 Å². The largest absolute Gasteiger partial charge is 0.508 e. The van der Waals surface area contributed by atoms with Gasteiger partial charge in [0.2, 0.25) is 0 Å². The number of ether oxygens (including phenoxy) is 1. The summed E-state index contributed by atoms with van der Waals surface area (Å²) in [5.41, 5.74) is 6.04. The number of phenolic OH excluding ortho intramolecular Hbond substituents is 1. The topological polar surface area (TPSA) is 55.5 Å². The van der Waals surface area contributed by atoms with Crippen molar-refractivity contribution in [2.24, 2.45) is 5.73 Å². The Morgan fingerprint density at radius 2 is 2.21 bits per heavy atom. The predicted molar refractivity (Wildman–Crippen MR) is 54.8 cm³/mol. The summed E-state index contributed by atoms with van der Waals surface area (Å²) < 4.78 is 17.2. The van der Waals surface area contributed by atoms with Gasteiger partial charge >= 0.3 is 0 Å².